The van der Waals surface area contributed by atoms with Gasteiger partial charge in [-0.15, -0.1) is 0 Å². The van der Waals surface area contributed by atoms with E-state index in [-0.39, 0.29) is 12.6 Å². The first kappa shape index (κ1) is 14.1. The van der Waals surface area contributed by atoms with E-state index in [2.05, 4.69) is 10.2 Å². The summed E-state index contributed by atoms with van der Waals surface area (Å²) < 4.78 is 0. The second-order valence-corrected chi connectivity index (χ2v) is 6.10. The minimum atomic E-state index is -0.925. The van der Waals surface area contributed by atoms with Crippen LogP contribution in [0.5, 0.6) is 0 Å². The minimum Gasteiger partial charge on any atom is -0.481 e. The highest BCUT2D eigenvalue weighted by Gasteiger charge is 2.33. The van der Waals surface area contributed by atoms with Crippen LogP contribution in [0, 0.1) is 5.41 Å². The van der Waals surface area contributed by atoms with Crippen molar-refractivity contribution in [1.29, 1.82) is 0 Å². The smallest absolute Gasteiger partial charge is 0.317 e. The van der Waals surface area contributed by atoms with Gasteiger partial charge in [0.15, 0.2) is 0 Å². The van der Waals surface area contributed by atoms with E-state index in [0.29, 0.717) is 0 Å². The van der Waals surface area contributed by atoms with E-state index in [9.17, 15) is 9.59 Å². The number of rotatable bonds is 4. The number of carbonyl (C=O) groups is 2. The second-order valence-electron chi connectivity index (χ2n) is 6.10. The summed E-state index contributed by atoms with van der Waals surface area (Å²) in [5.74, 6) is -0.897. The number of hydrogen-bond donors (Lipinski definition) is 2. The standard InChI is InChI=1S/C13H23N3O3/c1-13(2,11(17)18)9-14-12(19)16-7-5-15(6-8-16)10-3-4-10/h10H,3-9H2,1-2H3,(H,14,19)(H,17,18). The fraction of sp³-hybridized carbons (Fsp3) is 0.846. The van der Waals surface area contributed by atoms with Crippen LogP contribution in [0.3, 0.4) is 0 Å². The van der Waals surface area contributed by atoms with E-state index in [4.69, 9.17) is 5.11 Å². The molecule has 0 aromatic carbocycles. The number of amides is 2. The summed E-state index contributed by atoms with van der Waals surface area (Å²) >= 11 is 0. The maximum atomic E-state index is 12.0. The molecule has 1 saturated heterocycles. The van der Waals surface area contributed by atoms with Crippen LogP contribution in [-0.4, -0.2) is 65.7 Å². The topological polar surface area (TPSA) is 72.9 Å². The summed E-state index contributed by atoms with van der Waals surface area (Å²) in [6.45, 7) is 6.71. The quantitative estimate of drug-likeness (QED) is 0.783. The molecule has 0 bridgehead atoms. The van der Waals surface area contributed by atoms with E-state index in [1.165, 1.54) is 12.8 Å². The van der Waals surface area contributed by atoms with Gasteiger partial charge in [-0.25, -0.2) is 4.79 Å². The van der Waals surface area contributed by atoms with Crippen molar-refractivity contribution in [3.05, 3.63) is 0 Å². The predicted octanol–water partition coefficient (Wildman–Crippen LogP) is 0.587. The Bertz CT molecular complexity index is 358. The third kappa shape index (κ3) is 3.59. The Kier molecular flexibility index (Phi) is 3.99. The van der Waals surface area contributed by atoms with Gasteiger partial charge in [-0.2, -0.15) is 0 Å². The third-order valence-corrected chi connectivity index (χ3v) is 3.93. The van der Waals surface area contributed by atoms with Gasteiger partial charge in [0.1, 0.15) is 0 Å². The molecule has 0 atom stereocenters. The average molecular weight is 269 g/mol. The molecule has 2 aliphatic rings. The monoisotopic (exact) mass is 269 g/mol. The number of carbonyl (C=O) groups excluding carboxylic acids is 1. The highest BCUT2D eigenvalue weighted by molar-refractivity contribution is 5.77. The molecule has 1 aliphatic carbocycles. The van der Waals surface area contributed by atoms with Crippen LogP contribution in [0.4, 0.5) is 4.79 Å². The molecule has 6 heteroatoms. The van der Waals surface area contributed by atoms with Gasteiger partial charge in [-0.1, -0.05) is 0 Å². The zero-order chi connectivity index (χ0) is 14.0. The van der Waals surface area contributed by atoms with E-state index in [1.54, 1.807) is 18.7 Å². The third-order valence-electron chi connectivity index (χ3n) is 3.93. The summed E-state index contributed by atoms with van der Waals surface area (Å²) in [6, 6.07) is 0.598. The summed E-state index contributed by atoms with van der Waals surface area (Å²) in [4.78, 5) is 27.1. The average Bonchev–Trinajstić information content (AvgIpc) is 3.20. The first-order valence-electron chi connectivity index (χ1n) is 6.90. The van der Waals surface area contributed by atoms with E-state index >= 15 is 0 Å². The first-order valence-corrected chi connectivity index (χ1v) is 6.90. The number of nitrogens with zero attached hydrogens (tertiary/aromatic N) is 2. The number of aliphatic carboxylic acids is 1. The minimum absolute atomic E-state index is 0.148. The van der Waals surface area contributed by atoms with Crippen molar-refractivity contribution in [3.63, 3.8) is 0 Å². The fourth-order valence-electron chi connectivity index (χ4n) is 2.21. The molecular formula is C13H23N3O3. The fourth-order valence-corrected chi connectivity index (χ4v) is 2.21. The van der Waals surface area contributed by atoms with Crippen molar-refractivity contribution in [2.45, 2.75) is 32.7 Å². The Labute approximate surface area is 113 Å². The molecule has 6 nitrogen and oxygen atoms in total. The van der Waals surface area contributed by atoms with Crippen molar-refractivity contribution >= 4 is 12.0 Å². The van der Waals surface area contributed by atoms with Crippen LogP contribution >= 0.6 is 0 Å². The highest BCUT2D eigenvalue weighted by atomic mass is 16.4. The lowest BCUT2D eigenvalue weighted by molar-refractivity contribution is -0.146. The van der Waals surface area contributed by atoms with Gasteiger partial charge in [-0.05, 0) is 26.7 Å². The lowest BCUT2D eigenvalue weighted by Crippen LogP contribution is -2.53. The molecule has 2 rings (SSSR count). The Morgan fingerprint density at radius 2 is 1.79 bits per heavy atom. The molecule has 1 saturated carbocycles. The lowest BCUT2D eigenvalue weighted by Gasteiger charge is -2.35. The van der Waals surface area contributed by atoms with E-state index in [0.717, 1.165) is 32.2 Å². The number of nitrogens with one attached hydrogen (secondary N) is 1. The van der Waals surface area contributed by atoms with Crippen molar-refractivity contribution in [1.82, 2.24) is 15.1 Å². The largest absolute Gasteiger partial charge is 0.481 e. The van der Waals surface area contributed by atoms with Crippen molar-refractivity contribution < 1.29 is 14.7 Å². The first-order chi connectivity index (χ1) is 8.90. The maximum Gasteiger partial charge on any atom is 0.317 e. The van der Waals surface area contributed by atoms with Crippen molar-refractivity contribution in [2.24, 2.45) is 5.41 Å². The van der Waals surface area contributed by atoms with Crippen LogP contribution < -0.4 is 5.32 Å². The molecule has 0 radical (unpaired) electrons. The van der Waals surface area contributed by atoms with Crippen molar-refractivity contribution in [2.75, 3.05) is 32.7 Å². The lowest BCUT2D eigenvalue weighted by atomic mass is 9.94. The van der Waals surface area contributed by atoms with Gasteiger partial charge in [0, 0.05) is 38.8 Å². The van der Waals surface area contributed by atoms with Crippen LogP contribution in [0.1, 0.15) is 26.7 Å². The molecule has 0 aromatic heterocycles. The summed E-state index contributed by atoms with van der Waals surface area (Å²) in [5.41, 5.74) is -0.925. The molecule has 1 aliphatic heterocycles. The number of hydrogen-bond acceptors (Lipinski definition) is 3. The van der Waals surface area contributed by atoms with Gasteiger partial charge in [0.25, 0.3) is 0 Å². The maximum absolute atomic E-state index is 12.0. The molecule has 2 N–H and O–H groups in total. The summed E-state index contributed by atoms with van der Waals surface area (Å²) in [5, 5.41) is 11.7. The number of piperazine rings is 1. The van der Waals surface area contributed by atoms with Crippen molar-refractivity contribution in [3.8, 4) is 0 Å². The van der Waals surface area contributed by atoms with Gasteiger partial charge in [-0.3, -0.25) is 9.69 Å². The Morgan fingerprint density at radius 1 is 1.21 bits per heavy atom. The molecule has 0 unspecified atom stereocenters. The van der Waals surface area contributed by atoms with Gasteiger partial charge in [0.2, 0.25) is 0 Å². The molecule has 0 spiro atoms. The van der Waals surface area contributed by atoms with E-state index < -0.39 is 11.4 Å². The Morgan fingerprint density at radius 3 is 2.26 bits per heavy atom. The van der Waals surface area contributed by atoms with E-state index in [1.807, 2.05) is 0 Å². The Balaban J connectivity index is 1.73. The number of urea groups is 1. The molecular weight excluding hydrogens is 246 g/mol. The molecule has 2 fully saturated rings. The summed E-state index contributed by atoms with van der Waals surface area (Å²) in [6.07, 6.45) is 2.58. The van der Waals surface area contributed by atoms with Gasteiger partial charge < -0.3 is 15.3 Å². The van der Waals surface area contributed by atoms with Crippen LogP contribution in [0.2, 0.25) is 0 Å². The van der Waals surface area contributed by atoms with Gasteiger partial charge >= 0.3 is 12.0 Å². The molecule has 19 heavy (non-hydrogen) atoms. The van der Waals surface area contributed by atoms with Crippen LogP contribution in [-0.2, 0) is 4.79 Å². The Hall–Kier alpha value is -1.30. The molecule has 1 heterocycles. The van der Waals surface area contributed by atoms with Gasteiger partial charge in [0.05, 0.1) is 5.41 Å². The van der Waals surface area contributed by atoms with Crippen LogP contribution in [0.15, 0.2) is 0 Å². The number of carboxylic acids is 1. The predicted molar refractivity (Wildman–Crippen MR) is 71.0 cm³/mol. The molecule has 108 valence electrons. The highest BCUT2D eigenvalue weighted by Crippen LogP contribution is 2.27. The molecule has 0 aromatic rings. The molecule has 2 amide bonds. The normalized spacial score (nSPS) is 21.3. The summed E-state index contributed by atoms with van der Waals surface area (Å²) in [7, 11) is 0. The zero-order valence-electron chi connectivity index (χ0n) is 11.7. The van der Waals surface area contributed by atoms with Crippen LogP contribution in [0.25, 0.3) is 0 Å². The number of carboxylic acid groups (broad SMARTS) is 1. The zero-order valence-corrected chi connectivity index (χ0v) is 11.7. The SMILES string of the molecule is CC(C)(CNC(=O)N1CCN(C2CC2)CC1)C(=O)O. The second kappa shape index (κ2) is 5.36.